The van der Waals surface area contributed by atoms with Gasteiger partial charge in [0, 0.05) is 19.6 Å². The average Bonchev–Trinajstić information content (AvgIpc) is 2.09. The predicted molar refractivity (Wildman–Crippen MR) is 71.0 cm³/mol. The van der Waals surface area contributed by atoms with Crippen LogP contribution in [-0.2, 0) is 10.0 Å². The highest BCUT2D eigenvalue weighted by molar-refractivity contribution is 7.92. The largest absolute Gasteiger partial charge is 0.392 e. The van der Waals surface area contributed by atoms with Crippen LogP contribution in [0, 0.1) is 0 Å². The second-order valence-electron chi connectivity index (χ2n) is 3.92. The fraction of sp³-hybridized carbons (Fsp3) is 0.889. The molecule has 0 aliphatic rings. The van der Waals surface area contributed by atoms with Crippen LogP contribution < -0.4 is 5.73 Å². The molecule has 7 heteroatoms. The van der Waals surface area contributed by atoms with Gasteiger partial charge in [0.2, 0.25) is 10.0 Å². The maximum Gasteiger partial charge on any atom is 0.220 e. The lowest BCUT2D eigenvalue weighted by Gasteiger charge is -2.23. The number of sulfonamides is 1. The van der Waals surface area contributed by atoms with Crippen molar-refractivity contribution in [2.75, 3.05) is 39.5 Å². The Morgan fingerprint density at radius 1 is 1.25 bits per heavy atom. The number of hydrogen-bond donors (Lipinski definition) is 1. The van der Waals surface area contributed by atoms with E-state index in [0.717, 1.165) is 6.42 Å². The fourth-order valence-electron chi connectivity index (χ4n) is 1.22. The Bertz CT molecular complexity index is 315. The van der Waals surface area contributed by atoms with Gasteiger partial charge in [0.1, 0.15) is 5.75 Å². The van der Waals surface area contributed by atoms with Gasteiger partial charge in [-0.2, -0.15) is 0 Å². The predicted octanol–water partition coefficient (Wildman–Crippen LogP) is -0.124. The lowest BCUT2D eigenvalue weighted by molar-refractivity contribution is 0.334. The molecule has 0 aromatic carbocycles. The van der Waals surface area contributed by atoms with Crippen LogP contribution in [0.2, 0.25) is 0 Å². The van der Waals surface area contributed by atoms with E-state index < -0.39 is 10.0 Å². The highest BCUT2D eigenvalue weighted by Crippen LogP contribution is 2.03. The van der Waals surface area contributed by atoms with Gasteiger partial charge < -0.3 is 10.6 Å². The van der Waals surface area contributed by atoms with Crippen molar-refractivity contribution in [1.82, 2.24) is 9.21 Å². The Morgan fingerprint density at radius 2 is 1.81 bits per heavy atom. The minimum atomic E-state index is -3.34. The molecule has 0 saturated heterocycles. The van der Waals surface area contributed by atoms with Crippen LogP contribution in [0.25, 0.3) is 0 Å². The molecule has 0 fully saturated rings. The summed E-state index contributed by atoms with van der Waals surface area (Å²) in [7, 11) is 0.475. The topological polar surface area (TPSA) is 66.6 Å². The van der Waals surface area contributed by atoms with Gasteiger partial charge in [-0.3, -0.25) is 0 Å². The van der Waals surface area contributed by atoms with Crippen LogP contribution in [0.4, 0.5) is 0 Å². The zero-order valence-corrected chi connectivity index (χ0v) is 11.8. The Labute approximate surface area is 104 Å². The number of likely N-dealkylation sites (N-methyl/N-ethyl adjacent to an activating group) is 1. The van der Waals surface area contributed by atoms with E-state index in [2.05, 4.69) is 12.2 Å². The van der Waals surface area contributed by atoms with Crippen LogP contribution in [-0.4, -0.2) is 62.1 Å². The monoisotopic (exact) mass is 267 g/mol. The van der Waals surface area contributed by atoms with E-state index in [1.54, 1.807) is 0 Å². The van der Waals surface area contributed by atoms with E-state index >= 15 is 0 Å². The lowest BCUT2D eigenvalue weighted by Crippen LogP contribution is -2.40. The first-order valence-electron chi connectivity index (χ1n) is 5.20. The molecular formula is C9H21N3O2S2. The average molecular weight is 267 g/mol. The highest BCUT2D eigenvalue weighted by atomic mass is 32.2. The molecule has 0 unspecified atom stereocenters. The summed E-state index contributed by atoms with van der Waals surface area (Å²) < 4.78 is 25.2. The van der Waals surface area contributed by atoms with Crippen LogP contribution in [0.5, 0.6) is 0 Å². The van der Waals surface area contributed by atoms with Crippen molar-refractivity contribution in [2.24, 2.45) is 5.73 Å². The molecule has 0 spiro atoms. The van der Waals surface area contributed by atoms with E-state index in [1.165, 1.54) is 4.31 Å². The Balaban J connectivity index is 4.56. The van der Waals surface area contributed by atoms with Crippen molar-refractivity contribution in [1.29, 1.82) is 0 Å². The van der Waals surface area contributed by atoms with Crippen molar-refractivity contribution < 1.29 is 8.42 Å². The van der Waals surface area contributed by atoms with Crippen molar-refractivity contribution in [3.8, 4) is 0 Å². The van der Waals surface area contributed by atoms with Gasteiger partial charge in [0.05, 0.1) is 4.99 Å². The van der Waals surface area contributed by atoms with Crippen LogP contribution in [0.1, 0.15) is 13.3 Å². The van der Waals surface area contributed by atoms with Crippen molar-refractivity contribution in [3.63, 3.8) is 0 Å². The third-order valence-corrected chi connectivity index (χ3v) is 4.14. The maximum absolute atomic E-state index is 11.9. The van der Waals surface area contributed by atoms with E-state index in [0.29, 0.717) is 19.6 Å². The van der Waals surface area contributed by atoms with Gasteiger partial charge in [0.15, 0.2) is 0 Å². The number of nitrogens with two attached hydrogens (primary N) is 1. The number of thiocarbonyl (C=S) groups is 1. The van der Waals surface area contributed by atoms with Crippen molar-refractivity contribution in [2.45, 2.75) is 13.3 Å². The Kier molecular flexibility index (Phi) is 7.05. The first kappa shape index (κ1) is 15.8. The molecule has 5 nitrogen and oxygen atoms in total. The van der Waals surface area contributed by atoms with Gasteiger partial charge in [-0.05, 0) is 20.5 Å². The number of nitrogens with zero attached hydrogens (tertiary/aromatic N) is 2. The van der Waals surface area contributed by atoms with Gasteiger partial charge >= 0.3 is 0 Å². The second kappa shape index (κ2) is 7.16. The number of rotatable bonds is 8. The van der Waals surface area contributed by atoms with E-state index in [1.807, 2.05) is 25.9 Å². The molecule has 0 aromatic heterocycles. The Morgan fingerprint density at radius 3 is 2.19 bits per heavy atom. The molecule has 0 saturated carbocycles. The fourth-order valence-corrected chi connectivity index (χ4v) is 3.03. The molecule has 2 N–H and O–H groups in total. The third kappa shape index (κ3) is 6.37. The van der Waals surface area contributed by atoms with Gasteiger partial charge in [-0.1, -0.05) is 19.1 Å². The van der Waals surface area contributed by atoms with E-state index in [4.69, 9.17) is 5.73 Å². The normalized spacial score (nSPS) is 12.3. The molecule has 0 atom stereocenters. The first-order chi connectivity index (χ1) is 7.29. The molecule has 0 rings (SSSR count). The molecule has 0 aromatic rings. The summed E-state index contributed by atoms with van der Waals surface area (Å²) in [5, 5.41) is 0. The van der Waals surface area contributed by atoms with E-state index in [-0.39, 0.29) is 10.7 Å². The summed E-state index contributed by atoms with van der Waals surface area (Å²) in [4.78, 5) is 1.96. The Hall–Kier alpha value is -0.240. The molecule has 16 heavy (non-hydrogen) atoms. The van der Waals surface area contributed by atoms with Crippen LogP contribution >= 0.6 is 12.2 Å². The summed E-state index contributed by atoms with van der Waals surface area (Å²) in [6.07, 6.45) is 0.782. The van der Waals surface area contributed by atoms with Crippen LogP contribution in [0.15, 0.2) is 0 Å². The van der Waals surface area contributed by atoms with Crippen molar-refractivity contribution in [3.05, 3.63) is 0 Å². The second-order valence-corrected chi connectivity index (χ2v) is 6.42. The van der Waals surface area contributed by atoms with Crippen LogP contribution in [0.3, 0.4) is 0 Å². The van der Waals surface area contributed by atoms with Gasteiger partial charge in [-0.25, -0.2) is 12.7 Å². The molecule has 0 radical (unpaired) electrons. The zero-order valence-electron chi connectivity index (χ0n) is 10.1. The molecule has 0 aliphatic heterocycles. The quantitative estimate of drug-likeness (QED) is 0.621. The molecule has 0 bridgehead atoms. The highest BCUT2D eigenvalue weighted by Gasteiger charge is 2.21. The molecule has 0 amide bonds. The zero-order chi connectivity index (χ0) is 12.8. The molecule has 96 valence electrons. The van der Waals surface area contributed by atoms with Crippen molar-refractivity contribution >= 4 is 27.2 Å². The summed E-state index contributed by atoms with van der Waals surface area (Å²) in [5.74, 6) is -0.240. The maximum atomic E-state index is 11.9. The summed E-state index contributed by atoms with van der Waals surface area (Å²) in [6, 6.07) is 0. The minimum absolute atomic E-state index is 0.0194. The molecular weight excluding hydrogens is 246 g/mol. The first-order valence-corrected chi connectivity index (χ1v) is 7.22. The minimum Gasteiger partial charge on any atom is -0.392 e. The van der Waals surface area contributed by atoms with E-state index in [9.17, 15) is 8.42 Å². The SMILES string of the molecule is CCCN(CCN(C)C)S(=O)(=O)CC(N)=S. The lowest BCUT2D eigenvalue weighted by atomic mass is 10.4. The standard InChI is InChI=1S/C9H21N3O2S2/c1-4-5-12(7-6-11(2)3)16(13,14)8-9(10)15/h4-8H2,1-3H3,(H2,10,15). The summed E-state index contributed by atoms with van der Waals surface area (Å²) >= 11 is 4.64. The smallest absolute Gasteiger partial charge is 0.220 e. The summed E-state index contributed by atoms with van der Waals surface area (Å²) in [6.45, 7) is 3.63. The number of hydrogen-bond acceptors (Lipinski definition) is 4. The third-order valence-electron chi connectivity index (χ3n) is 1.99. The van der Waals surface area contributed by atoms with Gasteiger partial charge in [-0.15, -0.1) is 0 Å². The summed E-state index contributed by atoms with van der Waals surface area (Å²) in [5.41, 5.74) is 5.28. The van der Waals surface area contributed by atoms with Gasteiger partial charge in [0.25, 0.3) is 0 Å². The molecule has 0 aliphatic carbocycles. The molecule has 0 heterocycles.